The highest BCUT2D eigenvalue weighted by atomic mass is 79.9. The van der Waals surface area contributed by atoms with Crippen molar-refractivity contribution in [2.24, 2.45) is 0 Å². The second-order valence-electron chi connectivity index (χ2n) is 3.30. The minimum atomic E-state index is -0.449. The number of cyclic esters (lactones) is 1. The van der Waals surface area contributed by atoms with Crippen molar-refractivity contribution in [2.45, 2.75) is 12.5 Å². The van der Waals surface area contributed by atoms with Gasteiger partial charge in [-0.1, -0.05) is 6.07 Å². The second-order valence-corrected chi connectivity index (χ2v) is 4.15. The van der Waals surface area contributed by atoms with Gasteiger partial charge in [0, 0.05) is 6.42 Å². The van der Waals surface area contributed by atoms with Crippen LogP contribution in [0.1, 0.15) is 18.0 Å². The molecule has 1 heterocycles. The molecule has 0 unspecified atom stereocenters. The van der Waals surface area contributed by atoms with Crippen molar-refractivity contribution in [1.82, 2.24) is 5.32 Å². The van der Waals surface area contributed by atoms with Gasteiger partial charge in [-0.15, -0.1) is 0 Å². The molecule has 0 aliphatic carbocycles. The van der Waals surface area contributed by atoms with Crippen LogP contribution < -0.4 is 5.32 Å². The van der Waals surface area contributed by atoms with Crippen LogP contribution in [0, 0.1) is 5.82 Å². The number of benzene rings is 1. The van der Waals surface area contributed by atoms with E-state index in [-0.39, 0.29) is 11.9 Å². The van der Waals surface area contributed by atoms with Gasteiger partial charge in [0.15, 0.2) is 0 Å². The monoisotopic (exact) mass is 273 g/mol. The van der Waals surface area contributed by atoms with Crippen molar-refractivity contribution in [2.75, 3.05) is 6.61 Å². The first-order chi connectivity index (χ1) is 7.16. The molecule has 1 fully saturated rings. The first kappa shape index (κ1) is 10.4. The summed E-state index contributed by atoms with van der Waals surface area (Å²) in [6, 6.07) is 4.67. The summed E-state index contributed by atoms with van der Waals surface area (Å²) >= 11 is 3.08. The molecule has 0 radical (unpaired) electrons. The topological polar surface area (TPSA) is 38.3 Å². The lowest BCUT2D eigenvalue weighted by atomic mass is 10.0. The zero-order chi connectivity index (χ0) is 10.8. The van der Waals surface area contributed by atoms with Gasteiger partial charge in [0.2, 0.25) is 0 Å². The molecule has 0 saturated carbocycles. The summed E-state index contributed by atoms with van der Waals surface area (Å²) in [5, 5.41) is 2.64. The van der Waals surface area contributed by atoms with Crippen LogP contribution in [0.5, 0.6) is 0 Å². The lowest BCUT2D eigenvalue weighted by Crippen LogP contribution is -2.35. The maximum atomic E-state index is 13.2. The third kappa shape index (κ3) is 2.28. The average Bonchev–Trinajstić information content (AvgIpc) is 2.22. The molecule has 1 aromatic carbocycles. The maximum absolute atomic E-state index is 13.2. The first-order valence-corrected chi connectivity index (χ1v) is 5.34. The van der Waals surface area contributed by atoms with Crippen molar-refractivity contribution in [1.29, 1.82) is 0 Å². The van der Waals surface area contributed by atoms with Crippen LogP contribution in [0.3, 0.4) is 0 Å². The van der Waals surface area contributed by atoms with Crippen molar-refractivity contribution in [3.63, 3.8) is 0 Å². The lowest BCUT2D eigenvalue weighted by Gasteiger charge is -2.23. The van der Waals surface area contributed by atoms with Gasteiger partial charge in [0.1, 0.15) is 5.82 Å². The van der Waals surface area contributed by atoms with Gasteiger partial charge in [0.25, 0.3) is 0 Å². The summed E-state index contributed by atoms with van der Waals surface area (Å²) in [4.78, 5) is 11.0. The van der Waals surface area contributed by atoms with E-state index in [1.54, 1.807) is 12.1 Å². The molecule has 1 N–H and O–H groups in total. The fourth-order valence-electron chi connectivity index (χ4n) is 1.50. The zero-order valence-corrected chi connectivity index (χ0v) is 9.38. The average molecular weight is 274 g/mol. The summed E-state index contributed by atoms with van der Waals surface area (Å²) in [5.41, 5.74) is 0.757. The van der Waals surface area contributed by atoms with E-state index in [9.17, 15) is 9.18 Å². The van der Waals surface area contributed by atoms with Gasteiger partial charge in [-0.05, 0) is 33.6 Å². The molecule has 1 atom stereocenters. The molecule has 1 amide bonds. The first-order valence-electron chi connectivity index (χ1n) is 4.55. The van der Waals surface area contributed by atoms with Crippen LogP contribution in [0.25, 0.3) is 0 Å². The summed E-state index contributed by atoms with van der Waals surface area (Å²) in [6.07, 6.45) is 0.210. The molecule has 5 heteroatoms. The Labute approximate surface area is 94.7 Å². The summed E-state index contributed by atoms with van der Waals surface area (Å²) in [6.45, 7) is 0.369. The van der Waals surface area contributed by atoms with Crippen LogP contribution in [0.4, 0.5) is 9.18 Å². The van der Waals surface area contributed by atoms with E-state index in [2.05, 4.69) is 21.2 Å². The number of rotatable bonds is 1. The van der Waals surface area contributed by atoms with E-state index < -0.39 is 6.09 Å². The van der Waals surface area contributed by atoms with Gasteiger partial charge in [-0.2, -0.15) is 0 Å². The fourth-order valence-corrected chi connectivity index (χ4v) is 1.75. The predicted octanol–water partition coefficient (Wildman–Crippen LogP) is 2.76. The normalized spacial score (nSPS) is 20.7. The molecule has 1 aromatic rings. The van der Waals surface area contributed by atoms with Gasteiger partial charge in [0.05, 0.1) is 17.1 Å². The molecule has 15 heavy (non-hydrogen) atoms. The highest BCUT2D eigenvalue weighted by Gasteiger charge is 2.21. The zero-order valence-electron chi connectivity index (χ0n) is 7.80. The van der Waals surface area contributed by atoms with Crippen LogP contribution >= 0.6 is 15.9 Å². The minimum absolute atomic E-state index is 0.158. The van der Waals surface area contributed by atoms with Gasteiger partial charge in [-0.3, -0.25) is 0 Å². The van der Waals surface area contributed by atoms with Crippen molar-refractivity contribution >= 4 is 22.0 Å². The highest BCUT2D eigenvalue weighted by Crippen LogP contribution is 2.24. The Hall–Kier alpha value is -1.10. The standard InChI is InChI=1S/C10H9BrFNO2/c11-7-2-1-6(5-8(7)12)9-3-4-15-10(14)13-9/h1-2,5,9H,3-4H2,(H,13,14)/t9-/m0/s1. The largest absolute Gasteiger partial charge is 0.449 e. The number of carbonyl (C=O) groups excluding carboxylic acids is 1. The third-order valence-corrected chi connectivity index (χ3v) is 2.92. The van der Waals surface area contributed by atoms with Crippen LogP contribution in [-0.4, -0.2) is 12.7 Å². The number of nitrogens with one attached hydrogen (secondary N) is 1. The molecule has 0 aromatic heterocycles. The van der Waals surface area contributed by atoms with E-state index >= 15 is 0 Å². The van der Waals surface area contributed by atoms with Gasteiger partial charge < -0.3 is 10.1 Å². The molecule has 80 valence electrons. The fraction of sp³-hybridized carbons (Fsp3) is 0.300. The van der Waals surface area contributed by atoms with Crippen LogP contribution in [0.2, 0.25) is 0 Å². The van der Waals surface area contributed by atoms with Gasteiger partial charge in [-0.25, -0.2) is 9.18 Å². The number of alkyl carbamates (subject to hydrolysis) is 1. The number of halogens is 2. The molecule has 0 spiro atoms. The van der Waals surface area contributed by atoms with E-state index in [1.165, 1.54) is 6.07 Å². The van der Waals surface area contributed by atoms with Crippen molar-refractivity contribution in [3.05, 3.63) is 34.1 Å². The molecule has 1 aliphatic heterocycles. The lowest BCUT2D eigenvalue weighted by molar-refractivity contribution is 0.115. The number of ether oxygens (including phenoxy) is 1. The van der Waals surface area contributed by atoms with Gasteiger partial charge >= 0.3 is 6.09 Å². The molecule has 2 rings (SSSR count). The SMILES string of the molecule is O=C1N[C@H](c2ccc(Br)c(F)c2)CCO1. The number of amides is 1. The van der Waals surface area contributed by atoms with E-state index in [0.717, 1.165) is 5.56 Å². The predicted molar refractivity (Wildman–Crippen MR) is 55.9 cm³/mol. The molecule has 0 bridgehead atoms. The van der Waals surface area contributed by atoms with Crippen molar-refractivity contribution in [3.8, 4) is 0 Å². The molecular weight excluding hydrogens is 265 g/mol. The Bertz CT molecular complexity index is 397. The number of hydrogen-bond donors (Lipinski definition) is 1. The third-order valence-electron chi connectivity index (χ3n) is 2.28. The Morgan fingerprint density at radius 3 is 3.00 bits per heavy atom. The van der Waals surface area contributed by atoms with E-state index in [4.69, 9.17) is 4.74 Å². The maximum Gasteiger partial charge on any atom is 0.407 e. The Morgan fingerprint density at radius 2 is 2.33 bits per heavy atom. The van der Waals surface area contributed by atoms with E-state index in [1.807, 2.05) is 0 Å². The van der Waals surface area contributed by atoms with E-state index in [0.29, 0.717) is 17.5 Å². The summed E-state index contributed by atoms with van der Waals surface area (Å²) in [7, 11) is 0. The molecule has 1 saturated heterocycles. The Morgan fingerprint density at radius 1 is 1.53 bits per heavy atom. The highest BCUT2D eigenvalue weighted by molar-refractivity contribution is 9.10. The Kier molecular flexibility index (Phi) is 2.90. The smallest absolute Gasteiger partial charge is 0.407 e. The molecular formula is C10H9BrFNO2. The number of hydrogen-bond acceptors (Lipinski definition) is 2. The van der Waals surface area contributed by atoms with Crippen LogP contribution in [0.15, 0.2) is 22.7 Å². The van der Waals surface area contributed by atoms with Crippen molar-refractivity contribution < 1.29 is 13.9 Å². The number of carbonyl (C=O) groups is 1. The Balaban J connectivity index is 2.21. The second kappa shape index (κ2) is 4.18. The molecule has 1 aliphatic rings. The molecule has 3 nitrogen and oxygen atoms in total. The summed E-state index contributed by atoms with van der Waals surface area (Å²) in [5.74, 6) is -0.326. The summed E-state index contributed by atoms with van der Waals surface area (Å²) < 4.78 is 18.4. The van der Waals surface area contributed by atoms with Crippen LogP contribution in [-0.2, 0) is 4.74 Å². The quantitative estimate of drug-likeness (QED) is 0.855. The minimum Gasteiger partial charge on any atom is -0.449 e.